The van der Waals surface area contributed by atoms with Gasteiger partial charge in [-0.05, 0) is 25.7 Å². The number of halogens is 1. The third-order valence-electron chi connectivity index (χ3n) is 9.98. The number of nitrogens with zero attached hydrogens (tertiary/aromatic N) is 1. The van der Waals surface area contributed by atoms with Crippen LogP contribution in [0.3, 0.4) is 0 Å². The van der Waals surface area contributed by atoms with Gasteiger partial charge in [0.05, 0.1) is 26.4 Å². The average molecular weight is 888 g/mol. The van der Waals surface area contributed by atoms with Gasteiger partial charge < -0.3 is 77.4 Å². The number of unbranched alkanes of at least 4 members (excludes halogenated alkanes) is 11. The summed E-state index contributed by atoms with van der Waals surface area (Å²) < 4.78 is 27.1. The van der Waals surface area contributed by atoms with E-state index in [-0.39, 0.29) is 36.0 Å². The van der Waals surface area contributed by atoms with Crippen LogP contribution in [-0.2, 0) is 52.5 Å². The van der Waals surface area contributed by atoms with E-state index in [0.29, 0.717) is 26.1 Å². The first-order valence-electron chi connectivity index (χ1n) is 20.8. The molecule has 2 rings (SSSR count). The van der Waals surface area contributed by atoms with Crippen LogP contribution in [0.1, 0.15) is 110 Å². The van der Waals surface area contributed by atoms with Gasteiger partial charge in [-0.3, -0.25) is 19.2 Å². The highest BCUT2D eigenvalue weighted by Crippen LogP contribution is 2.29. The zero-order chi connectivity index (χ0) is 44.0. The summed E-state index contributed by atoms with van der Waals surface area (Å²) in [6, 6.07) is -2.70. The largest absolute Gasteiger partial charge is 1.00 e. The predicted octanol–water partition coefficient (Wildman–Crippen LogP) is -3.63. The molecule has 60 heavy (non-hydrogen) atoms. The Balaban J connectivity index is 0.0000180. The lowest BCUT2D eigenvalue weighted by Gasteiger charge is -2.47. The number of hydrogen-bond acceptors (Lipinski definition) is 17. The predicted molar refractivity (Wildman–Crippen MR) is 206 cm³/mol. The Labute approximate surface area is 358 Å². The van der Waals surface area contributed by atoms with Gasteiger partial charge >= 0.3 is 17.9 Å². The minimum atomic E-state index is -1.70. The molecule has 350 valence electrons. The van der Waals surface area contributed by atoms with Gasteiger partial charge in [0, 0.05) is 26.7 Å². The second-order valence-electron chi connectivity index (χ2n) is 15.7. The molecule has 0 aromatic rings. The van der Waals surface area contributed by atoms with Crippen LogP contribution in [0.25, 0.3) is 0 Å². The molecule has 2 saturated heterocycles. The third-order valence-corrected chi connectivity index (χ3v) is 9.98. The van der Waals surface area contributed by atoms with Crippen molar-refractivity contribution in [3.05, 3.63) is 0 Å². The molecule has 0 aromatic heterocycles. The van der Waals surface area contributed by atoms with Crippen LogP contribution in [0, 0.1) is 0 Å². The number of hydrogen-bond donors (Lipinski definition) is 8. The standard InChI is InChI=1S/C39H69N3O17.ClH/c1-25(45)40-33-35(51)34(50)27(23-43)57-39(33)58-37-28(24-44)56-38(53)32(36(37)52)41-29(47)18-14-10-6-5-7-11-15-19-30(48)54-20-16-12-8-9-13-17-21-55-31(49)22-42(3,4)59-26(2)46;/h27-28,32-39,43-44,50-53H,5-24H2,1-4H3,(H-,40,41,45,47);1H/t27?,28?,32?,33?,34-,35-,36-,37-,38-,39+;/m0./s1. The maximum absolute atomic E-state index is 12.8. The lowest BCUT2D eigenvalue weighted by Crippen LogP contribution is -3.00. The quantitative estimate of drug-likeness (QED) is 0.0163. The van der Waals surface area contributed by atoms with E-state index < -0.39 is 98.3 Å². The van der Waals surface area contributed by atoms with Crippen LogP contribution < -0.4 is 23.0 Å². The molecule has 2 amide bonds. The van der Waals surface area contributed by atoms with Crippen molar-refractivity contribution in [3.63, 3.8) is 0 Å². The molecule has 2 aliphatic heterocycles. The summed E-state index contributed by atoms with van der Waals surface area (Å²) in [6.45, 7) is 1.68. The van der Waals surface area contributed by atoms with Crippen molar-refractivity contribution in [2.45, 2.75) is 171 Å². The van der Waals surface area contributed by atoms with E-state index >= 15 is 0 Å². The second kappa shape index (κ2) is 29.5. The first-order valence-corrected chi connectivity index (χ1v) is 20.8. The van der Waals surface area contributed by atoms with Gasteiger partial charge in [0.15, 0.2) is 12.6 Å². The highest BCUT2D eigenvalue weighted by Gasteiger charge is 2.51. The SMILES string of the molecule is CC(=O)NC1[C@@H](O[C@H]2C(CO)O[C@H](O)C(NC(=O)CCCCCCCCCC(=O)OCCCCCCCCOC(=O)C[N+](C)(C)OC(C)=O)[C@@H]2O)OC(CO)[C@H](O)[C@H]1O.[Cl-]. The Kier molecular flexibility index (Phi) is 27.2. The third kappa shape index (κ3) is 20.9. The number of carbonyl (C=O) groups excluding carboxylic acids is 5. The maximum Gasteiger partial charge on any atom is 0.365 e. The molecular formula is C39H70ClN3O17. The monoisotopic (exact) mass is 887 g/mol. The minimum Gasteiger partial charge on any atom is -1.00 e. The molecule has 0 bridgehead atoms. The molecule has 0 spiro atoms. The summed E-state index contributed by atoms with van der Waals surface area (Å²) in [5.74, 6) is -2.15. The highest BCUT2D eigenvalue weighted by atomic mass is 35.5. The van der Waals surface area contributed by atoms with Crippen LogP contribution in [0.4, 0.5) is 0 Å². The lowest BCUT2D eigenvalue weighted by molar-refractivity contribution is -1.05. The number of carbonyl (C=O) groups is 5. The molecular weight excluding hydrogens is 818 g/mol. The number of likely N-dealkylation sites (N-methyl/N-ethyl adjacent to an activating group) is 1. The molecule has 10 atom stereocenters. The Morgan fingerprint density at radius 1 is 0.617 bits per heavy atom. The van der Waals surface area contributed by atoms with Crippen molar-refractivity contribution >= 4 is 29.7 Å². The van der Waals surface area contributed by atoms with Gasteiger partial charge in [0.25, 0.3) is 0 Å². The molecule has 21 heteroatoms. The number of aliphatic hydroxyl groups excluding tert-OH is 6. The minimum absolute atomic E-state index is 0. The van der Waals surface area contributed by atoms with Crippen molar-refractivity contribution in [2.75, 3.05) is 47.1 Å². The number of esters is 2. The summed E-state index contributed by atoms with van der Waals surface area (Å²) in [5.41, 5.74) is 0. The Morgan fingerprint density at radius 2 is 1.13 bits per heavy atom. The molecule has 0 aromatic carbocycles. The molecule has 20 nitrogen and oxygen atoms in total. The number of amides is 2. The van der Waals surface area contributed by atoms with E-state index in [1.54, 1.807) is 14.1 Å². The normalized spacial score (nSPS) is 26.6. The summed E-state index contributed by atoms with van der Waals surface area (Å²) in [7, 11) is 3.21. The molecule has 0 radical (unpaired) electrons. The lowest BCUT2D eigenvalue weighted by atomic mass is 9.94. The van der Waals surface area contributed by atoms with Crippen LogP contribution in [0.15, 0.2) is 0 Å². The zero-order valence-corrected chi connectivity index (χ0v) is 36.2. The van der Waals surface area contributed by atoms with Crippen LogP contribution in [0.2, 0.25) is 0 Å². The number of hydroxylamine groups is 3. The Morgan fingerprint density at radius 3 is 1.67 bits per heavy atom. The highest BCUT2D eigenvalue weighted by molar-refractivity contribution is 5.76. The molecule has 2 aliphatic rings. The molecule has 0 aliphatic carbocycles. The molecule has 0 saturated carbocycles. The van der Waals surface area contributed by atoms with E-state index in [0.717, 1.165) is 84.0 Å². The number of quaternary nitrogens is 1. The Bertz CT molecular complexity index is 1280. The molecule has 8 N–H and O–H groups in total. The topological polar surface area (TPSA) is 286 Å². The van der Waals surface area contributed by atoms with Gasteiger partial charge in [0.1, 0.15) is 62.8 Å². The van der Waals surface area contributed by atoms with E-state index in [1.165, 1.54) is 6.92 Å². The van der Waals surface area contributed by atoms with Crippen molar-refractivity contribution in [1.29, 1.82) is 0 Å². The van der Waals surface area contributed by atoms with E-state index in [1.807, 2.05) is 0 Å². The summed E-state index contributed by atoms with van der Waals surface area (Å²) in [5, 5.41) is 67.0. The van der Waals surface area contributed by atoms with Crippen LogP contribution >= 0.6 is 0 Å². The van der Waals surface area contributed by atoms with Gasteiger partial charge in [-0.15, -0.1) is 4.65 Å². The van der Waals surface area contributed by atoms with Crippen molar-refractivity contribution in [1.82, 2.24) is 10.6 Å². The first-order chi connectivity index (χ1) is 28.0. The number of rotatable bonds is 28. The molecule has 2 heterocycles. The summed E-state index contributed by atoms with van der Waals surface area (Å²) in [6.07, 6.45) is -0.627. The molecule has 2 fully saturated rings. The average Bonchev–Trinajstić information content (AvgIpc) is 3.16. The van der Waals surface area contributed by atoms with Crippen molar-refractivity contribution < 1.29 is 100 Å². The number of nitrogens with one attached hydrogen (secondary N) is 2. The van der Waals surface area contributed by atoms with Gasteiger partial charge in [-0.2, -0.15) is 0 Å². The van der Waals surface area contributed by atoms with Gasteiger partial charge in [-0.25, -0.2) is 9.59 Å². The van der Waals surface area contributed by atoms with Crippen molar-refractivity contribution in [2.24, 2.45) is 0 Å². The molecule has 4 unspecified atom stereocenters. The van der Waals surface area contributed by atoms with Crippen molar-refractivity contribution in [3.8, 4) is 0 Å². The van der Waals surface area contributed by atoms with E-state index in [4.69, 9.17) is 28.5 Å². The fourth-order valence-corrected chi connectivity index (χ4v) is 6.94. The fraction of sp³-hybridized carbons (Fsp3) is 0.872. The Hall–Kier alpha value is -2.76. The number of ether oxygens (including phenoxy) is 5. The van der Waals surface area contributed by atoms with Gasteiger partial charge in [0.2, 0.25) is 18.4 Å². The summed E-state index contributed by atoms with van der Waals surface area (Å²) >= 11 is 0. The fourth-order valence-electron chi connectivity index (χ4n) is 6.94. The first kappa shape index (κ1) is 55.3. The second-order valence-corrected chi connectivity index (χ2v) is 15.7. The van der Waals surface area contributed by atoms with Gasteiger partial charge in [-0.1, -0.05) is 57.8 Å². The zero-order valence-electron chi connectivity index (χ0n) is 35.4. The summed E-state index contributed by atoms with van der Waals surface area (Å²) in [4.78, 5) is 64.6. The van der Waals surface area contributed by atoms with Crippen LogP contribution in [-0.4, -0.2) is 173 Å². The van der Waals surface area contributed by atoms with E-state index in [2.05, 4.69) is 10.6 Å². The maximum atomic E-state index is 12.8. The number of aliphatic hydroxyl groups is 6. The van der Waals surface area contributed by atoms with Crippen LogP contribution in [0.5, 0.6) is 0 Å². The smallest absolute Gasteiger partial charge is 0.365 e. The van der Waals surface area contributed by atoms with E-state index in [9.17, 15) is 54.6 Å².